The summed E-state index contributed by atoms with van der Waals surface area (Å²) in [7, 11) is 3.98. The Hall–Kier alpha value is -2.24. The zero-order valence-electron chi connectivity index (χ0n) is 12.7. The minimum Gasteiger partial charge on any atom is -0.543 e. The number of likely N-dealkylation sites (tertiary alicyclic amines) is 1. The maximum atomic E-state index is 9.90. The van der Waals surface area contributed by atoms with Gasteiger partial charge in [-0.2, -0.15) is 0 Å². The molecule has 0 saturated carbocycles. The van der Waals surface area contributed by atoms with Crippen molar-refractivity contribution >= 4 is 23.9 Å². The number of aliphatic hydroxyl groups is 1. The smallest absolute Gasteiger partial charge is 0.0870 e. The molecule has 11 nitrogen and oxygen atoms in total. The van der Waals surface area contributed by atoms with Gasteiger partial charge in [-0.3, -0.25) is 0 Å². The molecule has 0 spiro atoms. The quantitative estimate of drug-likeness (QED) is 0.455. The van der Waals surface area contributed by atoms with E-state index in [9.17, 15) is 5.11 Å². The molecule has 0 atom stereocenters. The van der Waals surface area contributed by atoms with Gasteiger partial charge in [0.05, 0.1) is 29.5 Å². The zero-order chi connectivity index (χ0) is 18.6. The van der Waals surface area contributed by atoms with E-state index in [0.717, 1.165) is 32.5 Å². The summed E-state index contributed by atoms with van der Waals surface area (Å²) < 4.78 is 0. The fraction of sp³-hybridized carbons (Fsp3) is 0.667. The number of likely N-dealkylation sites (N-methyl/N-ethyl adjacent to an activating group) is 1. The predicted octanol–water partition coefficient (Wildman–Crippen LogP) is -7.37. The number of rotatable bonds is 2. The van der Waals surface area contributed by atoms with Gasteiger partial charge < -0.3 is 54.9 Å². The van der Waals surface area contributed by atoms with Crippen LogP contribution in [0, 0.1) is 0 Å². The highest BCUT2D eigenvalue weighted by atomic mass is 16.4. The van der Waals surface area contributed by atoms with Gasteiger partial charge in [0, 0.05) is 19.6 Å². The topological polar surface area (TPSA) is 196 Å². The molecule has 0 radical (unpaired) electrons. The first-order valence-electron chi connectivity index (χ1n) is 6.35. The molecule has 0 amide bonds. The molecule has 0 aromatic rings. The summed E-state index contributed by atoms with van der Waals surface area (Å²) in [6.45, 7) is 2.75. The molecule has 0 unspecified atom stereocenters. The Kier molecular flexibility index (Phi) is 11.4. The number of piperidine rings is 1. The highest BCUT2D eigenvalue weighted by Gasteiger charge is 2.29. The second-order valence-electron chi connectivity index (χ2n) is 4.71. The standard InChI is InChI=1S/C8H18N2O.2C2H2O4/c1-9-7-8(11)3-5-10(2)6-4-8;2*3-1(4)2(5)6/h9,11H,3-7H2,1-2H3;2*(H,3,4)(H,5,6)/p-4. The molecule has 0 bridgehead atoms. The summed E-state index contributed by atoms with van der Waals surface area (Å²) in [6, 6.07) is 0. The number of aliphatic carboxylic acids is 4. The molecule has 1 saturated heterocycles. The van der Waals surface area contributed by atoms with Crippen molar-refractivity contribution in [1.82, 2.24) is 10.2 Å². The molecular formula is C12H18N2O9-4. The summed E-state index contributed by atoms with van der Waals surface area (Å²) >= 11 is 0. The zero-order valence-corrected chi connectivity index (χ0v) is 12.7. The first-order valence-corrected chi connectivity index (χ1v) is 6.35. The lowest BCUT2D eigenvalue weighted by atomic mass is 9.92. The highest BCUT2D eigenvalue weighted by molar-refractivity contribution is 6.25. The highest BCUT2D eigenvalue weighted by Crippen LogP contribution is 2.19. The van der Waals surface area contributed by atoms with Crippen molar-refractivity contribution in [3.63, 3.8) is 0 Å². The second kappa shape index (κ2) is 11.3. The van der Waals surface area contributed by atoms with Crippen LogP contribution in [0.5, 0.6) is 0 Å². The van der Waals surface area contributed by atoms with Crippen LogP contribution >= 0.6 is 0 Å². The monoisotopic (exact) mass is 334 g/mol. The number of carbonyl (C=O) groups is 4. The Morgan fingerprint density at radius 3 is 1.48 bits per heavy atom. The van der Waals surface area contributed by atoms with Crippen LogP contribution in [-0.4, -0.2) is 73.2 Å². The molecule has 2 N–H and O–H groups in total. The van der Waals surface area contributed by atoms with Gasteiger partial charge in [-0.15, -0.1) is 0 Å². The van der Waals surface area contributed by atoms with Crippen LogP contribution in [0.15, 0.2) is 0 Å². The Morgan fingerprint density at radius 2 is 1.26 bits per heavy atom. The van der Waals surface area contributed by atoms with Crippen LogP contribution in [0.1, 0.15) is 12.8 Å². The van der Waals surface area contributed by atoms with Gasteiger partial charge in [0.15, 0.2) is 0 Å². The van der Waals surface area contributed by atoms with Gasteiger partial charge in [-0.1, -0.05) is 0 Å². The number of carboxylic acid groups (broad SMARTS) is 4. The van der Waals surface area contributed by atoms with Gasteiger partial charge in [-0.05, 0) is 26.9 Å². The lowest BCUT2D eigenvalue weighted by molar-refractivity contribution is -0.345. The van der Waals surface area contributed by atoms with E-state index >= 15 is 0 Å². The fourth-order valence-corrected chi connectivity index (χ4v) is 1.54. The molecule has 1 heterocycles. The summed E-state index contributed by atoms with van der Waals surface area (Å²) in [5.74, 6) is -8.74. The van der Waals surface area contributed by atoms with Crippen LogP contribution in [0.2, 0.25) is 0 Å². The third kappa shape index (κ3) is 13.2. The summed E-state index contributed by atoms with van der Waals surface area (Å²) in [4.78, 5) is 38.0. The lowest BCUT2D eigenvalue weighted by Crippen LogP contribution is -2.48. The molecule has 1 aliphatic heterocycles. The van der Waals surface area contributed by atoms with Gasteiger partial charge in [0.2, 0.25) is 0 Å². The normalized spacial score (nSPS) is 16.0. The van der Waals surface area contributed by atoms with Crippen molar-refractivity contribution < 1.29 is 44.7 Å². The minimum absolute atomic E-state index is 0.443. The van der Waals surface area contributed by atoms with Crippen LogP contribution < -0.4 is 25.7 Å². The van der Waals surface area contributed by atoms with E-state index in [1.165, 1.54) is 0 Å². The van der Waals surface area contributed by atoms with E-state index in [-0.39, 0.29) is 0 Å². The number of carbonyl (C=O) groups excluding carboxylic acids is 4. The third-order valence-corrected chi connectivity index (χ3v) is 2.76. The number of carboxylic acids is 4. The number of nitrogens with one attached hydrogen (secondary N) is 1. The van der Waals surface area contributed by atoms with Crippen molar-refractivity contribution in [3.05, 3.63) is 0 Å². The van der Waals surface area contributed by atoms with Crippen LogP contribution in [0.25, 0.3) is 0 Å². The second-order valence-corrected chi connectivity index (χ2v) is 4.71. The summed E-state index contributed by atoms with van der Waals surface area (Å²) in [6.07, 6.45) is 1.79. The van der Waals surface area contributed by atoms with Gasteiger partial charge in [0.1, 0.15) is 0 Å². The molecule has 1 rings (SSSR count). The van der Waals surface area contributed by atoms with Crippen molar-refractivity contribution in [3.8, 4) is 0 Å². The van der Waals surface area contributed by atoms with E-state index in [1.807, 2.05) is 7.05 Å². The summed E-state index contributed by atoms with van der Waals surface area (Å²) in [5.41, 5.74) is -0.443. The molecule has 134 valence electrons. The van der Waals surface area contributed by atoms with Gasteiger partial charge in [-0.25, -0.2) is 0 Å². The van der Waals surface area contributed by atoms with Crippen molar-refractivity contribution in [2.45, 2.75) is 18.4 Å². The maximum absolute atomic E-state index is 9.90. The van der Waals surface area contributed by atoms with Crippen molar-refractivity contribution in [2.75, 3.05) is 33.7 Å². The summed E-state index contributed by atoms with van der Waals surface area (Å²) in [5, 5.41) is 48.6. The van der Waals surface area contributed by atoms with Crippen molar-refractivity contribution in [2.24, 2.45) is 0 Å². The molecule has 11 heteroatoms. The Balaban J connectivity index is 0. The van der Waals surface area contributed by atoms with Crippen LogP contribution in [0.4, 0.5) is 0 Å². The van der Waals surface area contributed by atoms with E-state index in [4.69, 9.17) is 39.6 Å². The SMILES string of the molecule is CNCC1(O)CCN(C)CC1.O=C([O-])C(=O)[O-].O=C([O-])C(=O)[O-]. The fourth-order valence-electron chi connectivity index (χ4n) is 1.54. The third-order valence-electron chi connectivity index (χ3n) is 2.76. The average molecular weight is 334 g/mol. The van der Waals surface area contributed by atoms with Crippen molar-refractivity contribution in [1.29, 1.82) is 0 Å². The first-order chi connectivity index (χ1) is 10.4. The van der Waals surface area contributed by atoms with E-state index in [0.29, 0.717) is 0 Å². The van der Waals surface area contributed by atoms with Gasteiger partial charge in [0.25, 0.3) is 0 Å². The average Bonchev–Trinajstić information content (AvgIpc) is 2.44. The predicted molar refractivity (Wildman–Crippen MR) is 65.6 cm³/mol. The van der Waals surface area contributed by atoms with E-state index < -0.39 is 29.5 Å². The number of nitrogens with zero attached hydrogens (tertiary/aromatic N) is 1. The Labute approximate surface area is 132 Å². The van der Waals surface area contributed by atoms with Crippen LogP contribution in [0.3, 0.4) is 0 Å². The molecule has 1 aliphatic rings. The first kappa shape index (κ1) is 23.0. The molecule has 0 aromatic carbocycles. The molecule has 0 aliphatic carbocycles. The number of hydrogen-bond acceptors (Lipinski definition) is 11. The Bertz CT molecular complexity index is 369. The van der Waals surface area contributed by atoms with E-state index in [1.54, 1.807) is 0 Å². The number of hydrogen-bond donors (Lipinski definition) is 2. The Morgan fingerprint density at radius 1 is 0.957 bits per heavy atom. The molecule has 1 fully saturated rings. The molecule has 23 heavy (non-hydrogen) atoms. The largest absolute Gasteiger partial charge is 0.543 e. The lowest BCUT2D eigenvalue weighted by Gasteiger charge is -2.36. The molecular weight excluding hydrogens is 316 g/mol. The minimum atomic E-state index is -2.19. The molecule has 0 aromatic heterocycles. The van der Waals surface area contributed by atoms with E-state index in [2.05, 4.69) is 17.3 Å². The maximum Gasteiger partial charge on any atom is 0.0870 e. The van der Waals surface area contributed by atoms with Gasteiger partial charge >= 0.3 is 0 Å². The van der Waals surface area contributed by atoms with Crippen LogP contribution in [-0.2, 0) is 19.2 Å².